The van der Waals surface area contributed by atoms with Gasteiger partial charge in [-0.1, -0.05) is 19.1 Å². The quantitative estimate of drug-likeness (QED) is 0.826. The fourth-order valence-electron chi connectivity index (χ4n) is 2.20. The van der Waals surface area contributed by atoms with Crippen LogP contribution >= 0.6 is 12.2 Å². The number of benzene rings is 1. The second-order valence-electron chi connectivity index (χ2n) is 4.49. The van der Waals surface area contributed by atoms with E-state index in [1.54, 1.807) is 12.1 Å². The molecule has 2 N–H and O–H groups in total. The van der Waals surface area contributed by atoms with Gasteiger partial charge < -0.3 is 10.5 Å². The van der Waals surface area contributed by atoms with E-state index in [1.807, 2.05) is 0 Å². The first-order chi connectivity index (χ1) is 8.58. The van der Waals surface area contributed by atoms with Crippen LogP contribution in [0.3, 0.4) is 0 Å². The zero-order chi connectivity index (χ0) is 13.1. The predicted molar refractivity (Wildman–Crippen MR) is 73.4 cm³/mol. The summed E-state index contributed by atoms with van der Waals surface area (Å²) in [5.41, 5.74) is 6.48. The number of halogens is 1. The molecule has 5 heteroatoms. The minimum absolute atomic E-state index is 0.0519. The van der Waals surface area contributed by atoms with Crippen molar-refractivity contribution >= 4 is 17.2 Å². The molecular formula is C13H17FN2OS. The summed E-state index contributed by atoms with van der Waals surface area (Å²) in [7, 11) is 0. The second kappa shape index (κ2) is 5.63. The Morgan fingerprint density at radius 2 is 2.39 bits per heavy atom. The molecule has 1 aliphatic rings. The van der Waals surface area contributed by atoms with Crippen LogP contribution in [0, 0.1) is 5.82 Å². The lowest BCUT2D eigenvalue weighted by atomic mass is 10.1. The Labute approximate surface area is 112 Å². The first kappa shape index (κ1) is 13.2. The van der Waals surface area contributed by atoms with E-state index in [-0.39, 0.29) is 11.9 Å². The Kier molecular flexibility index (Phi) is 4.14. The van der Waals surface area contributed by atoms with E-state index in [0.29, 0.717) is 11.5 Å². The van der Waals surface area contributed by atoms with Crippen molar-refractivity contribution in [2.75, 3.05) is 19.6 Å². The monoisotopic (exact) mass is 268 g/mol. The lowest BCUT2D eigenvalue weighted by Gasteiger charge is -2.23. The minimum Gasteiger partial charge on any atom is -0.488 e. The van der Waals surface area contributed by atoms with Crippen molar-refractivity contribution in [3.63, 3.8) is 0 Å². The van der Waals surface area contributed by atoms with E-state index in [1.165, 1.54) is 6.07 Å². The molecule has 1 aromatic rings. The maximum Gasteiger partial charge on any atom is 0.123 e. The zero-order valence-electron chi connectivity index (χ0n) is 10.4. The van der Waals surface area contributed by atoms with Crippen molar-refractivity contribution in [3.8, 4) is 5.75 Å². The molecule has 0 radical (unpaired) electrons. The standard InChI is InChI=1S/C13H17FN2OS/c1-2-16(8-13(15)18)7-11-6-9-5-10(14)3-4-12(9)17-11/h3-5,11H,2,6-8H2,1H3,(H2,15,18). The average molecular weight is 268 g/mol. The van der Waals surface area contributed by atoms with Gasteiger partial charge in [-0.25, -0.2) is 4.39 Å². The smallest absolute Gasteiger partial charge is 0.123 e. The molecule has 2 rings (SSSR count). The molecule has 0 aromatic heterocycles. The highest BCUT2D eigenvalue weighted by Gasteiger charge is 2.24. The average Bonchev–Trinajstić information content (AvgIpc) is 2.68. The number of hydrogen-bond acceptors (Lipinski definition) is 3. The molecule has 18 heavy (non-hydrogen) atoms. The molecule has 0 aliphatic carbocycles. The van der Waals surface area contributed by atoms with Crippen molar-refractivity contribution in [1.82, 2.24) is 4.90 Å². The van der Waals surface area contributed by atoms with Crippen molar-refractivity contribution < 1.29 is 9.13 Å². The van der Waals surface area contributed by atoms with E-state index < -0.39 is 0 Å². The van der Waals surface area contributed by atoms with Crippen LogP contribution in [0.5, 0.6) is 5.75 Å². The zero-order valence-corrected chi connectivity index (χ0v) is 11.2. The largest absolute Gasteiger partial charge is 0.488 e. The number of nitrogens with two attached hydrogens (primary N) is 1. The van der Waals surface area contributed by atoms with Gasteiger partial charge in [0.2, 0.25) is 0 Å². The first-order valence-electron chi connectivity index (χ1n) is 6.04. The van der Waals surface area contributed by atoms with Gasteiger partial charge >= 0.3 is 0 Å². The molecule has 1 aliphatic heterocycles. The van der Waals surface area contributed by atoms with Crippen LogP contribution in [0.1, 0.15) is 12.5 Å². The van der Waals surface area contributed by atoms with Crippen LogP contribution in [-0.2, 0) is 6.42 Å². The molecule has 1 heterocycles. The third-order valence-electron chi connectivity index (χ3n) is 3.05. The highest BCUT2D eigenvalue weighted by molar-refractivity contribution is 7.80. The third-order valence-corrected chi connectivity index (χ3v) is 3.18. The Morgan fingerprint density at radius 3 is 3.06 bits per heavy atom. The SMILES string of the molecule is CCN(CC(N)=S)CC1Cc2cc(F)ccc2O1. The van der Waals surface area contributed by atoms with Gasteiger partial charge in [0, 0.05) is 25.1 Å². The normalized spacial score (nSPS) is 17.6. The fraction of sp³-hybridized carbons (Fsp3) is 0.462. The number of thiocarbonyl (C=S) groups is 1. The number of likely N-dealkylation sites (N-methyl/N-ethyl adjacent to an activating group) is 1. The molecule has 0 fully saturated rings. The fourth-order valence-corrected chi connectivity index (χ4v) is 2.39. The van der Waals surface area contributed by atoms with E-state index in [0.717, 1.165) is 30.8 Å². The molecule has 1 atom stereocenters. The summed E-state index contributed by atoms with van der Waals surface area (Å²) >= 11 is 4.91. The molecule has 0 saturated carbocycles. The Bertz CT molecular complexity index is 453. The molecule has 1 unspecified atom stereocenters. The number of hydrogen-bond donors (Lipinski definition) is 1. The van der Waals surface area contributed by atoms with E-state index in [4.69, 9.17) is 22.7 Å². The second-order valence-corrected chi connectivity index (χ2v) is 5.01. The van der Waals surface area contributed by atoms with Crippen LogP contribution in [0.4, 0.5) is 4.39 Å². The summed E-state index contributed by atoms with van der Waals surface area (Å²) in [6, 6.07) is 4.65. The minimum atomic E-state index is -0.214. The molecule has 0 bridgehead atoms. The molecule has 0 spiro atoms. The van der Waals surface area contributed by atoms with Crippen LogP contribution in [0.2, 0.25) is 0 Å². The van der Waals surface area contributed by atoms with Gasteiger partial charge in [0.25, 0.3) is 0 Å². The molecule has 0 amide bonds. The topological polar surface area (TPSA) is 38.5 Å². The van der Waals surface area contributed by atoms with Gasteiger partial charge in [-0.15, -0.1) is 0 Å². The molecule has 3 nitrogen and oxygen atoms in total. The van der Waals surface area contributed by atoms with Gasteiger partial charge in [-0.2, -0.15) is 0 Å². The van der Waals surface area contributed by atoms with Crippen LogP contribution < -0.4 is 10.5 Å². The van der Waals surface area contributed by atoms with Gasteiger partial charge in [-0.3, -0.25) is 4.90 Å². The molecular weight excluding hydrogens is 251 g/mol. The maximum absolute atomic E-state index is 13.1. The number of rotatable bonds is 5. The van der Waals surface area contributed by atoms with Crippen LogP contribution in [0.25, 0.3) is 0 Å². The molecule has 1 aromatic carbocycles. The Hall–Kier alpha value is -1.20. The first-order valence-corrected chi connectivity index (χ1v) is 6.45. The molecule has 0 saturated heterocycles. The van der Waals surface area contributed by atoms with Gasteiger partial charge in [-0.05, 0) is 24.7 Å². The van der Waals surface area contributed by atoms with Crippen molar-refractivity contribution in [1.29, 1.82) is 0 Å². The van der Waals surface area contributed by atoms with Crippen LogP contribution in [0.15, 0.2) is 18.2 Å². The highest BCUT2D eigenvalue weighted by Crippen LogP contribution is 2.29. The Balaban J connectivity index is 1.96. The lowest BCUT2D eigenvalue weighted by Crippen LogP contribution is -2.39. The number of ether oxygens (including phenoxy) is 1. The van der Waals surface area contributed by atoms with Crippen molar-refractivity contribution in [2.45, 2.75) is 19.4 Å². The number of nitrogens with zero attached hydrogens (tertiary/aromatic N) is 1. The van der Waals surface area contributed by atoms with Crippen molar-refractivity contribution in [2.24, 2.45) is 5.73 Å². The summed E-state index contributed by atoms with van der Waals surface area (Å²) in [4.78, 5) is 2.62. The van der Waals surface area contributed by atoms with Gasteiger partial charge in [0.1, 0.15) is 17.7 Å². The van der Waals surface area contributed by atoms with Gasteiger partial charge in [0.15, 0.2) is 0 Å². The van der Waals surface area contributed by atoms with E-state index in [2.05, 4.69) is 11.8 Å². The van der Waals surface area contributed by atoms with Crippen molar-refractivity contribution in [3.05, 3.63) is 29.6 Å². The van der Waals surface area contributed by atoms with Gasteiger partial charge in [0.05, 0.1) is 4.99 Å². The number of fused-ring (bicyclic) bond motifs is 1. The Morgan fingerprint density at radius 1 is 1.61 bits per heavy atom. The summed E-state index contributed by atoms with van der Waals surface area (Å²) in [5.74, 6) is 0.571. The van der Waals surface area contributed by atoms with E-state index in [9.17, 15) is 4.39 Å². The predicted octanol–water partition coefficient (Wildman–Crippen LogP) is 1.74. The maximum atomic E-state index is 13.1. The summed E-state index contributed by atoms with van der Waals surface area (Å²) in [6.45, 7) is 4.27. The van der Waals surface area contributed by atoms with Crippen LogP contribution in [-0.4, -0.2) is 35.6 Å². The lowest BCUT2D eigenvalue weighted by molar-refractivity contribution is 0.166. The third kappa shape index (κ3) is 3.17. The summed E-state index contributed by atoms with van der Waals surface area (Å²) in [6.07, 6.45) is 0.789. The molecule has 98 valence electrons. The van der Waals surface area contributed by atoms with E-state index >= 15 is 0 Å². The summed E-state index contributed by atoms with van der Waals surface area (Å²) < 4.78 is 18.9. The summed E-state index contributed by atoms with van der Waals surface area (Å²) in [5, 5.41) is 0. The highest BCUT2D eigenvalue weighted by atomic mass is 32.1.